The number of benzene rings is 2. The van der Waals surface area contributed by atoms with E-state index in [1.165, 1.54) is 0 Å². The first kappa shape index (κ1) is 23.3. The number of nitrogens with zero attached hydrogens (tertiary/aromatic N) is 7. The molecule has 1 saturated heterocycles. The van der Waals surface area contributed by atoms with E-state index in [2.05, 4.69) is 38.5 Å². The van der Waals surface area contributed by atoms with Gasteiger partial charge in [0, 0.05) is 73.4 Å². The van der Waals surface area contributed by atoms with Gasteiger partial charge >= 0.3 is 0 Å². The summed E-state index contributed by atoms with van der Waals surface area (Å²) in [6.07, 6.45) is 5.99. The molecular formula is C27H28N8O. The van der Waals surface area contributed by atoms with Gasteiger partial charge in [0.1, 0.15) is 0 Å². The van der Waals surface area contributed by atoms with Gasteiger partial charge in [0.05, 0.1) is 30.2 Å². The fourth-order valence-corrected chi connectivity index (χ4v) is 4.48. The molecule has 1 atom stereocenters. The van der Waals surface area contributed by atoms with E-state index in [4.69, 9.17) is 10.2 Å². The molecule has 2 aromatic carbocycles. The number of anilines is 3. The van der Waals surface area contributed by atoms with Crippen LogP contribution < -0.4 is 10.2 Å². The summed E-state index contributed by atoms with van der Waals surface area (Å²) >= 11 is 0. The molecule has 0 bridgehead atoms. The van der Waals surface area contributed by atoms with Crippen molar-refractivity contribution in [2.24, 2.45) is 0 Å². The smallest absolute Gasteiger partial charge is 0.227 e. The summed E-state index contributed by atoms with van der Waals surface area (Å²) in [5.41, 5.74) is 4.74. The molecule has 1 aliphatic rings. The summed E-state index contributed by atoms with van der Waals surface area (Å²) in [6.45, 7) is 6.67. The number of carbonyl (C=O) groups is 1. The highest BCUT2D eigenvalue weighted by atomic mass is 16.2. The van der Waals surface area contributed by atoms with Crippen molar-refractivity contribution in [3.8, 4) is 17.2 Å². The molecule has 1 aliphatic heterocycles. The Balaban J connectivity index is 1.38. The number of piperazine rings is 1. The van der Waals surface area contributed by atoms with Crippen LogP contribution in [0.3, 0.4) is 0 Å². The van der Waals surface area contributed by atoms with Gasteiger partial charge in [0.2, 0.25) is 11.9 Å². The highest BCUT2D eigenvalue weighted by Crippen LogP contribution is 2.29. The number of fused-ring (bicyclic) bond motifs is 1. The second-order valence-electron chi connectivity index (χ2n) is 9.03. The lowest BCUT2D eigenvalue weighted by atomic mass is 10.1. The Morgan fingerprint density at radius 1 is 1.14 bits per heavy atom. The number of nitrogens with one attached hydrogen (secondary N) is 1. The summed E-state index contributed by atoms with van der Waals surface area (Å²) in [7, 11) is 0. The first-order valence-electron chi connectivity index (χ1n) is 12.1. The van der Waals surface area contributed by atoms with Crippen molar-refractivity contribution in [3.05, 3.63) is 61.1 Å². The lowest BCUT2D eigenvalue weighted by Crippen LogP contribution is -2.48. The molecule has 0 radical (unpaired) electrons. The Kier molecular flexibility index (Phi) is 6.50. The number of hydrogen-bond acceptors (Lipinski definition) is 7. The minimum atomic E-state index is 0.00305. The minimum Gasteiger partial charge on any atom is -0.368 e. The van der Waals surface area contributed by atoms with Gasteiger partial charge in [-0.05, 0) is 25.1 Å². The van der Waals surface area contributed by atoms with Gasteiger partial charge in [-0.15, -0.1) is 0 Å². The molecule has 0 saturated carbocycles. The molecule has 1 fully saturated rings. The van der Waals surface area contributed by atoms with Crippen molar-refractivity contribution in [1.82, 2.24) is 24.6 Å². The normalized spacial score (nSPS) is 14.5. The van der Waals surface area contributed by atoms with Crippen LogP contribution >= 0.6 is 0 Å². The molecule has 0 spiro atoms. The molecule has 2 aromatic heterocycles. The van der Waals surface area contributed by atoms with Crippen molar-refractivity contribution in [2.75, 3.05) is 36.4 Å². The van der Waals surface area contributed by atoms with E-state index >= 15 is 0 Å². The SMILES string of the molecule is CC(=O)N1CCN(c2cccc(Nc3ncc4cccc(-c5cnn(C(C)CC#N)c5)c4n3)c2)CC1. The Hall–Kier alpha value is -4.45. The number of hydrogen-bond donors (Lipinski definition) is 1. The summed E-state index contributed by atoms with van der Waals surface area (Å²) in [5.74, 6) is 0.639. The average molecular weight is 481 g/mol. The first-order valence-corrected chi connectivity index (χ1v) is 12.1. The van der Waals surface area contributed by atoms with E-state index in [1.54, 1.807) is 6.92 Å². The predicted octanol–water partition coefficient (Wildman–Crippen LogP) is 4.38. The number of rotatable bonds is 6. The van der Waals surface area contributed by atoms with Crippen molar-refractivity contribution < 1.29 is 4.79 Å². The predicted molar refractivity (Wildman–Crippen MR) is 140 cm³/mol. The fourth-order valence-electron chi connectivity index (χ4n) is 4.48. The molecule has 1 amide bonds. The van der Waals surface area contributed by atoms with Crippen LogP contribution in [0.2, 0.25) is 0 Å². The second-order valence-corrected chi connectivity index (χ2v) is 9.03. The van der Waals surface area contributed by atoms with E-state index in [1.807, 2.05) is 65.4 Å². The van der Waals surface area contributed by atoms with E-state index in [9.17, 15) is 4.79 Å². The highest BCUT2D eigenvalue weighted by molar-refractivity contribution is 5.93. The first-order chi connectivity index (χ1) is 17.5. The van der Waals surface area contributed by atoms with Gasteiger partial charge in [-0.3, -0.25) is 9.48 Å². The molecule has 9 nitrogen and oxygen atoms in total. The van der Waals surface area contributed by atoms with Crippen LogP contribution in [0.25, 0.3) is 22.0 Å². The number of amides is 1. The van der Waals surface area contributed by atoms with E-state index < -0.39 is 0 Å². The Morgan fingerprint density at radius 2 is 1.94 bits per heavy atom. The standard InChI is InChI=1S/C27H28N8O/c1-19(9-10-28)35-18-22(17-30-35)25-8-3-5-21-16-29-27(32-26(21)25)31-23-6-4-7-24(15-23)34-13-11-33(12-14-34)20(2)36/h3-8,15-19H,9,11-14H2,1-2H3,(H,29,31,32). The van der Waals surface area contributed by atoms with Crippen LogP contribution in [0.1, 0.15) is 26.3 Å². The van der Waals surface area contributed by atoms with E-state index in [-0.39, 0.29) is 11.9 Å². The quantitative estimate of drug-likeness (QED) is 0.437. The van der Waals surface area contributed by atoms with Gasteiger partial charge in [-0.1, -0.05) is 24.3 Å². The van der Waals surface area contributed by atoms with Gasteiger partial charge in [0.25, 0.3) is 0 Å². The lowest BCUT2D eigenvalue weighted by molar-refractivity contribution is -0.129. The molecule has 36 heavy (non-hydrogen) atoms. The molecule has 9 heteroatoms. The summed E-state index contributed by atoms with van der Waals surface area (Å²) in [5, 5.41) is 17.8. The number of para-hydroxylation sites is 1. The number of carbonyl (C=O) groups excluding carboxylic acids is 1. The van der Waals surface area contributed by atoms with Crippen molar-refractivity contribution >= 4 is 34.1 Å². The third-order valence-electron chi connectivity index (χ3n) is 6.55. The number of nitriles is 1. The zero-order chi connectivity index (χ0) is 25.1. The van der Waals surface area contributed by atoms with Crippen LogP contribution in [0.5, 0.6) is 0 Å². The lowest BCUT2D eigenvalue weighted by Gasteiger charge is -2.35. The van der Waals surface area contributed by atoms with Crippen molar-refractivity contribution in [2.45, 2.75) is 26.3 Å². The maximum atomic E-state index is 11.6. The van der Waals surface area contributed by atoms with Gasteiger partial charge in [0.15, 0.2) is 0 Å². The second kappa shape index (κ2) is 10.0. The van der Waals surface area contributed by atoms with Gasteiger partial charge in [-0.25, -0.2) is 9.97 Å². The zero-order valence-corrected chi connectivity index (χ0v) is 20.4. The van der Waals surface area contributed by atoms with Crippen molar-refractivity contribution in [3.63, 3.8) is 0 Å². The van der Waals surface area contributed by atoms with Crippen LogP contribution in [0.15, 0.2) is 61.1 Å². The number of aromatic nitrogens is 4. The Labute approximate surface area is 210 Å². The van der Waals surface area contributed by atoms with Crippen molar-refractivity contribution in [1.29, 1.82) is 5.26 Å². The Morgan fingerprint density at radius 3 is 2.72 bits per heavy atom. The zero-order valence-electron chi connectivity index (χ0n) is 20.4. The van der Waals surface area contributed by atoms with Gasteiger partial charge < -0.3 is 15.1 Å². The fraction of sp³-hybridized carbons (Fsp3) is 0.296. The largest absolute Gasteiger partial charge is 0.368 e. The molecule has 182 valence electrons. The summed E-state index contributed by atoms with van der Waals surface area (Å²) in [4.78, 5) is 25.2. The third-order valence-corrected chi connectivity index (χ3v) is 6.55. The van der Waals surface area contributed by atoms with Crippen LogP contribution in [-0.2, 0) is 4.79 Å². The maximum Gasteiger partial charge on any atom is 0.227 e. The monoisotopic (exact) mass is 480 g/mol. The minimum absolute atomic E-state index is 0.00305. The topological polar surface area (TPSA) is 103 Å². The average Bonchev–Trinajstić information content (AvgIpc) is 3.39. The molecular weight excluding hydrogens is 452 g/mol. The van der Waals surface area contributed by atoms with Gasteiger partial charge in [-0.2, -0.15) is 10.4 Å². The molecule has 1 unspecified atom stereocenters. The highest BCUT2D eigenvalue weighted by Gasteiger charge is 2.19. The summed E-state index contributed by atoms with van der Waals surface area (Å²) in [6, 6.07) is 16.4. The maximum absolute atomic E-state index is 11.6. The molecule has 3 heterocycles. The van der Waals surface area contributed by atoms with Crippen LogP contribution in [-0.4, -0.2) is 56.7 Å². The third kappa shape index (κ3) is 4.84. The van der Waals surface area contributed by atoms with E-state index in [0.717, 1.165) is 59.6 Å². The van der Waals surface area contributed by atoms with Crippen LogP contribution in [0.4, 0.5) is 17.3 Å². The molecule has 4 aromatic rings. The molecule has 1 N–H and O–H groups in total. The van der Waals surface area contributed by atoms with E-state index in [0.29, 0.717) is 12.4 Å². The molecule has 5 rings (SSSR count). The van der Waals surface area contributed by atoms with Crippen LogP contribution in [0, 0.1) is 11.3 Å². The molecule has 0 aliphatic carbocycles. The Bertz CT molecular complexity index is 1430. The summed E-state index contributed by atoms with van der Waals surface area (Å²) < 4.78 is 1.82.